The Hall–Kier alpha value is -2.41. The number of benzene rings is 1. The molecule has 0 saturated heterocycles. The summed E-state index contributed by atoms with van der Waals surface area (Å²) in [5, 5.41) is 0.0815. The molecule has 0 aliphatic carbocycles. The van der Waals surface area contributed by atoms with Gasteiger partial charge < -0.3 is 0 Å². The molecule has 1 atom stereocenters. The summed E-state index contributed by atoms with van der Waals surface area (Å²) < 4.78 is 0. The van der Waals surface area contributed by atoms with Crippen molar-refractivity contribution in [2.24, 2.45) is 0 Å². The number of carbonyl (C=O) groups is 2. The Balaban J connectivity index is 1.83. The predicted molar refractivity (Wildman–Crippen MR) is 79.4 cm³/mol. The highest BCUT2D eigenvalue weighted by molar-refractivity contribution is 8.00. The van der Waals surface area contributed by atoms with Crippen molar-refractivity contribution in [2.45, 2.75) is 17.3 Å². The molecule has 0 bridgehead atoms. The van der Waals surface area contributed by atoms with Crippen LogP contribution in [0.5, 0.6) is 0 Å². The van der Waals surface area contributed by atoms with E-state index in [1.165, 1.54) is 11.8 Å². The molecule has 1 heterocycles. The SMILES string of the molecule is C[C@@H](Sc1ncccn1)C(=O)NNC(=O)c1ccccc1. The van der Waals surface area contributed by atoms with Crippen LogP contribution in [-0.2, 0) is 4.79 Å². The second kappa shape index (κ2) is 7.39. The minimum Gasteiger partial charge on any atom is -0.272 e. The second-order valence-electron chi connectivity index (χ2n) is 4.10. The molecule has 0 aliphatic heterocycles. The molecule has 7 heteroatoms. The van der Waals surface area contributed by atoms with Crippen LogP contribution in [-0.4, -0.2) is 27.0 Å². The third-order valence-electron chi connectivity index (χ3n) is 2.53. The number of nitrogens with zero attached hydrogens (tertiary/aromatic N) is 2. The molecule has 21 heavy (non-hydrogen) atoms. The number of nitrogens with one attached hydrogen (secondary N) is 2. The lowest BCUT2D eigenvalue weighted by molar-refractivity contribution is -0.121. The van der Waals surface area contributed by atoms with Gasteiger partial charge in [-0.05, 0) is 25.1 Å². The molecule has 2 aromatic rings. The standard InChI is InChI=1S/C14H14N4O2S/c1-10(21-14-15-8-5-9-16-14)12(19)17-18-13(20)11-6-3-2-4-7-11/h2-10H,1H3,(H,17,19)(H,18,20)/t10-/m1/s1. The van der Waals surface area contributed by atoms with Crippen molar-refractivity contribution in [1.82, 2.24) is 20.8 Å². The Morgan fingerprint density at radius 2 is 1.71 bits per heavy atom. The van der Waals surface area contributed by atoms with Crippen molar-refractivity contribution in [1.29, 1.82) is 0 Å². The van der Waals surface area contributed by atoms with E-state index in [1.807, 2.05) is 6.07 Å². The highest BCUT2D eigenvalue weighted by Crippen LogP contribution is 2.17. The summed E-state index contributed by atoms with van der Waals surface area (Å²) in [6, 6.07) is 10.3. The number of hydrogen-bond donors (Lipinski definition) is 2. The number of thioether (sulfide) groups is 1. The Kier molecular flexibility index (Phi) is 5.28. The first-order valence-electron chi connectivity index (χ1n) is 6.26. The maximum absolute atomic E-state index is 11.9. The number of aromatic nitrogens is 2. The quantitative estimate of drug-likeness (QED) is 0.507. The minimum absolute atomic E-state index is 0.322. The average Bonchev–Trinajstić information content (AvgIpc) is 2.54. The van der Waals surface area contributed by atoms with Gasteiger partial charge in [-0.1, -0.05) is 30.0 Å². The van der Waals surface area contributed by atoms with Crippen molar-refractivity contribution in [3.05, 3.63) is 54.4 Å². The molecular weight excluding hydrogens is 288 g/mol. The molecule has 0 saturated carbocycles. The summed E-state index contributed by atoms with van der Waals surface area (Å²) in [4.78, 5) is 31.7. The first-order valence-corrected chi connectivity index (χ1v) is 7.13. The van der Waals surface area contributed by atoms with Crippen LogP contribution in [0.1, 0.15) is 17.3 Å². The van der Waals surface area contributed by atoms with E-state index in [1.54, 1.807) is 49.6 Å². The first-order chi connectivity index (χ1) is 10.2. The molecule has 0 radical (unpaired) electrons. The fraction of sp³-hybridized carbons (Fsp3) is 0.143. The predicted octanol–water partition coefficient (Wildman–Crippen LogP) is 1.42. The highest BCUT2D eigenvalue weighted by atomic mass is 32.2. The molecule has 6 nitrogen and oxygen atoms in total. The van der Waals surface area contributed by atoms with Crippen molar-refractivity contribution in [3.8, 4) is 0 Å². The molecule has 1 aromatic heterocycles. The van der Waals surface area contributed by atoms with Crippen LogP contribution in [0.3, 0.4) is 0 Å². The van der Waals surface area contributed by atoms with Gasteiger partial charge in [0.2, 0.25) is 0 Å². The van der Waals surface area contributed by atoms with Gasteiger partial charge in [-0.2, -0.15) is 0 Å². The van der Waals surface area contributed by atoms with Crippen LogP contribution in [0.4, 0.5) is 0 Å². The van der Waals surface area contributed by atoms with Crippen LogP contribution in [0, 0.1) is 0 Å². The van der Waals surface area contributed by atoms with Crippen LogP contribution in [0.2, 0.25) is 0 Å². The molecular formula is C14H14N4O2S. The molecule has 0 spiro atoms. The number of hydrazine groups is 1. The summed E-state index contributed by atoms with van der Waals surface area (Å²) in [5.41, 5.74) is 5.24. The van der Waals surface area contributed by atoms with E-state index < -0.39 is 5.25 Å². The largest absolute Gasteiger partial charge is 0.272 e. The Bertz CT molecular complexity index is 607. The zero-order valence-corrected chi connectivity index (χ0v) is 12.1. The maximum atomic E-state index is 11.9. The number of rotatable bonds is 4. The van der Waals surface area contributed by atoms with Crippen molar-refractivity contribution in [2.75, 3.05) is 0 Å². The third kappa shape index (κ3) is 4.57. The Morgan fingerprint density at radius 1 is 1.05 bits per heavy atom. The van der Waals surface area contributed by atoms with E-state index >= 15 is 0 Å². The van der Waals surface area contributed by atoms with Crippen molar-refractivity contribution >= 4 is 23.6 Å². The van der Waals surface area contributed by atoms with Gasteiger partial charge in [-0.25, -0.2) is 9.97 Å². The van der Waals surface area contributed by atoms with Gasteiger partial charge in [0.05, 0.1) is 5.25 Å². The van der Waals surface area contributed by atoms with E-state index in [9.17, 15) is 9.59 Å². The zero-order valence-electron chi connectivity index (χ0n) is 11.3. The van der Waals surface area contributed by atoms with Gasteiger partial charge in [-0.3, -0.25) is 20.4 Å². The van der Waals surface area contributed by atoms with Gasteiger partial charge in [-0.15, -0.1) is 0 Å². The molecule has 2 rings (SSSR count). The van der Waals surface area contributed by atoms with Gasteiger partial charge >= 0.3 is 0 Å². The van der Waals surface area contributed by atoms with Crippen molar-refractivity contribution < 1.29 is 9.59 Å². The fourth-order valence-corrected chi connectivity index (χ4v) is 2.17. The molecule has 1 aromatic carbocycles. The maximum Gasteiger partial charge on any atom is 0.269 e. The third-order valence-corrected chi connectivity index (χ3v) is 3.52. The monoisotopic (exact) mass is 302 g/mol. The summed E-state index contributed by atoms with van der Waals surface area (Å²) in [7, 11) is 0. The fourth-order valence-electron chi connectivity index (χ4n) is 1.44. The van der Waals surface area contributed by atoms with E-state index in [4.69, 9.17) is 0 Å². The lowest BCUT2D eigenvalue weighted by atomic mass is 10.2. The van der Waals surface area contributed by atoms with Gasteiger partial charge in [0.1, 0.15) is 0 Å². The lowest BCUT2D eigenvalue weighted by Crippen LogP contribution is -2.44. The second-order valence-corrected chi connectivity index (χ2v) is 5.41. The van der Waals surface area contributed by atoms with Gasteiger partial charge in [0.15, 0.2) is 5.16 Å². The van der Waals surface area contributed by atoms with Crippen LogP contribution >= 0.6 is 11.8 Å². The summed E-state index contributed by atoms with van der Waals surface area (Å²) in [6.45, 7) is 1.71. The number of hydrogen-bond acceptors (Lipinski definition) is 5. The van der Waals surface area contributed by atoms with Crippen LogP contribution in [0.15, 0.2) is 53.9 Å². The molecule has 108 valence electrons. The van der Waals surface area contributed by atoms with E-state index in [2.05, 4.69) is 20.8 Å². The normalized spacial score (nSPS) is 11.5. The summed E-state index contributed by atoms with van der Waals surface area (Å²) in [5.74, 6) is -0.686. The zero-order chi connectivity index (χ0) is 15.1. The smallest absolute Gasteiger partial charge is 0.269 e. The number of carbonyl (C=O) groups excluding carboxylic acids is 2. The van der Waals surface area contributed by atoms with Crippen molar-refractivity contribution in [3.63, 3.8) is 0 Å². The van der Waals surface area contributed by atoms with E-state index in [0.29, 0.717) is 10.7 Å². The van der Waals surface area contributed by atoms with Crippen LogP contribution in [0.25, 0.3) is 0 Å². The Labute approximate surface area is 126 Å². The Morgan fingerprint density at radius 3 is 2.38 bits per heavy atom. The van der Waals surface area contributed by atoms with E-state index in [0.717, 1.165) is 0 Å². The van der Waals surface area contributed by atoms with Gasteiger partial charge in [0.25, 0.3) is 11.8 Å². The lowest BCUT2D eigenvalue weighted by Gasteiger charge is -2.11. The first kappa shape index (κ1) is 15.0. The molecule has 0 unspecified atom stereocenters. The van der Waals surface area contributed by atoms with Gasteiger partial charge in [0, 0.05) is 18.0 Å². The topological polar surface area (TPSA) is 84.0 Å². The average molecular weight is 302 g/mol. The molecule has 0 aliphatic rings. The summed E-state index contributed by atoms with van der Waals surface area (Å²) >= 11 is 1.21. The molecule has 2 N–H and O–H groups in total. The number of amides is 2. The highest BCUT2D eigenvalue weighted by Gasteiger charge is 2.16. The summed E-state index contributed by atoms with van der Waals surface area (Å²) in [6.07, 6.45) is 3.22. The minimum atomic E-state index is -0.427. The molecule has 2 amide bonds. The van der Waals surface area contributed by atoms with E-state index in [-0.39, 0.29) is 11.8 Å². The van der Waals surface area contributed by atoms with Crippen LogP contribution < -0.4 is 10.9 Å². The molecule has 0 fully saturated rings.